The first-order valence-corrected chi connectivity index (χ1v) is 10.4. The maximum absolute atomic E-state index is 12.8. The number of thiocarbonyl (C=S) groups is 1. The summed E-state index contributed by atoms with van der Waals surface area (Å²) in [5.41, 5.74) is 3.82. The summed E-state index contributed by atoms with van der Waals surface area (Å²) in [5, 5.41) is 8.49. The normalized spacial score (nSPS) is 15.1. The van der Waals surface area contributed by atoms with Gasteiger partial charge < -0.3 is 14.5 Å². The predicted molar refractivity (Wildman–Crippen MR) is 122 cm³/mol. The Kier molecular flexibility index (Phi) is 5.84. The molecule has 2 aromatic heterocycles. The lowest BCUT2D eigenvalue weighted by Gasteiger charge is -2.12. The third kappa shape index (κ3) is 4.22. The van der Waals surface area contributed by atoms with Crippen LogP contribution in [-0.2, 0) is 17.9 Å². The number of halogens is 1. The minimum atomic E-state index is -0.205. The van der Waals surface area contributed by atoms with E-state index in [1.165, 1.54) is 4.90 Å². The predicted octanol–water partition coefficient (Wildman–Crippen LogP) is 4.06. The maximum Gasteiger partial charge on any atom is 0.276 e. The van der Waals surface area contributed by atoms with Gasteiger partial charge in [-0.2, -0.15) is 5.10 Å². The first-order valence-electron chi connectivity index (χ1n) is 9.60. The molecule has 1 amide bonds. The molecule has 160 valence electrons. The molecular formula is C22H21ClN4O3S. The van der Waals surface area contributed by atoms with Crippen molar-refractivity contribution in [3.05, 3.63) is 75.6 Å². The fourth-order valence-electron chi connectivity index (χ4n) is 3.44. The summed E-state index contributed by atoms with van der Waals surface area (Å²) >= 11 is 11.6. The second kappa shape index (κ2) is 8.56. The van der Waals surface area contributed by atoms with Gasteiger partial charge in [0.25, 0.3) is 5.91 Å². The molecular weight excluding hydrogens is 436 g/mol. The highest BCUT2D eigenvalue weighted by Crippen LogP contribution is 2.26. The molecule has 0 radical (unpaired) electrons. The molecule has 1 aliphatic rings. The van der Waals surface area contributed by atoms with Crippen LogP contribution in [-0.4, -0.2) is 32.8 Å². The van der Waals surface area contributed by atoms with Gasteiger partial charge >= 0.3 is 0 Å². The van der Waals surface area contributed by atoms with E-state index in [2.05, 4.69) is 10.4 Å². The summed E-state index contributed by atoms with van der Waals surface area (Å²) in [4.78, 5) is 14.3. The minimum Gasteiger partial charge on any atom is -0.496 e. The minimum absolute atomic E-state index is 0.205. The molecule has 0 aliphatic carbocycles. The molecule has 1 saturated heterocycles. The van der Waals surface area contributed by atoms with Gasteiger partial charge in [-0.15, -0.1) is 0 Å². The number of hydrogen-bond acceptors (Lipinski definition) is 5. The van der Waals surface area contributed by atoms with Crippen LogP contribution in [0.2, 0.25) is 5.02 Å². The third-order valence-electron chi connectivity index (χ3n) is 5.09. The molecule has 0 bridgehead atoms. The second-order valence-corrected chi connectivity index (χ2v) is 7.94. The highest BCUT2D eigenvalue weighted by Gasteiger charge is 2.31. The SMILES string of the molecule is COc1ccc(/C=C2/NC(=S)N(Cc3ccco3)C2=O)cc1Cn1nc(C)c(Cl)c1C. The van der Waals surface area contributed by atoms with Crippen molar-refractivity contribution in [1.82, 2.24) is 20.0 Å². The van der Waals surface area contributed by atoms with Crippen LogP contribution < -0.4 is 10.1 Å². The van der Waals surface area contributed by atoms with Crippen LogP contribution in [0.4, 0.5) is 0 Å². The highest BCUT2D eigenvalue weighted by molar-refractivity contribution is 7.80. The van der Waals surface area contributed by atoms with Gasteiger partial charge in [-0.3, -0.25) is 14.4 Å². The van der Waals surface area contributed by atoms with Gasteiger partial charge in [-0.05, 0) is 62.0 Å². The molecule has 4 rings (SSSR count). The van der Waals surface area contributed by atoms with E-state index in [9.17, 15) is 4.79 Å². The smallest absolute Gasteiger partial charge is 0.276 e. The molecule has 0 atom stereocenters. The number of furan rings is 1. The Morgan fingerprint density at radius 2 is 2.10 bits per heavy atom. The first kappa shape index (κ1) is 21.1. The summed E-state index contributed by atoms with van der Waals surface area (Å²) in [5.74, 6) is 1.18. The van der Waals surface area contributed by atoms with Crippen molar-refractivity contribution < 1.29 is 13.9 Å². The summed E-state index contributed by atoms with van der Waals surface area (Å²) in [6.07, 6.45) is 3.34. The summed E-state index contributed by atoms with van der Waals surface area (Å²) in [6, 6.07) is 9.30. The van der Waals surface area contributed by atoms with Crippen LogP contribution in [0, 0.1) is 13.8 Å². The third-order valence-corrected chi connectivity index (χ3v) is 5.95. The second-order valence-electron chi connectivity index (χ2n) is 7.17. The van der Waals surface area contributed by atoms with Crippen LogP contribution in [0.5, 0.6) is 5.75 Å². The quantitative estimate of drug-likeness (QED) is 0.445. The number of methoxy groups -OCH3 is 1. The molecule has 9 heteroatoms. The van der Waals surface area contributed by atoms with Crippen molar-refractivity contribution in [2.24, 2.45) is 0 Å². The lowest BCUT2D eigenvalue weighted by molar-refractivity contribution is -0.122. The number of ether oxygens (including phenoxy) is 1. The average molecular weight is 457 g/mol. The van der Waals surface area contributed by atoms with E-state index in [4.69, 9.17) is 33.0 Å². The fourth-order valence-corrected chi connectivity index (χ4v) is 3.84. The van der Waals surface area contributed by atoms with Gasteiger partial charge in [0.05, 0.1) is 42.9 Å². The maximum atomic E-state index is 12.8. The molecule has 1 aromatic carbocycles. The van der Waals surface area contributed by atoms with Gasteiger partial charge in [0.1, 0.15) is 17.2 Å². The standard InChI is InChI=1S/C22H21ClN4O3S/c1-13-20(23)14(2)27(25-13)11-16-9-15(6-7-19(16)29-3)10-18-21(28)26(22(31)24-18)12-17-5-4-8-30-17/h4-10H,11-12H2,1-3H3,(H,24,31)/b18-10+. The van der Waals surface area contributed by atoms with Gasteiger partial charge in [0.2, 0.25) is 0 Å². The number of aryl methyl sites for hydroxylation is 1. The number of aromatic nitrogens is 2. The monoisotopic (exact) mass is 456 g/mol. The Morgan fingerprint density at radius 1 is 1.29 bits per heavy atom. The van der Waals surface area contributed by atoms with E-state index in [-0.39, 0.29) is 12.5 Å². The van der Waals surface area contributed by atoms with E-state index >= 15 is 0 Å². The molecule has 1 N–H and O–H groups in total. The molecule has 1 fully saturated rings. The van der Waals surface area contributed by atoms with Gasteiger partial charge in [0.15, 0.2) is 5.11 Å². The van der Waals surface area contributed by atoms with Crippen molar-refractivity contribution in [3.63, 3.8) is 0 Å². The zero-order chi connectivity index (χ0) is 22.1. The lowest BCUT2D eigenvalue weighted by atomic mass is 10.1. The van der Waals surface area contributed by atoms with Gasteiger partial charge in [-0.1, -0.05) is 17.7 Å². The molecule has 0 saturated carbocycles. The Balaban J connectivity index is 1.60. The van der Waals surface area contributed by atoms with Gasteiger partial charge in [0, 0.05) is 5.56 Å². The van der Waals surface area contributed by atoms with Crippen molar-refractivity contribution >= 4 is 40.9 Å². The number of benzene rings is 1. The molecule has 7 nitrogen and oxygen atoms in total. The lowest BCUT2D eigenvalue weighted by Crippen LogP contribution is -2.29. The van der Waals surface area contributed by atoms with E-state index < -0.39 is 0 Å². The highest BCUT2D eigenvalue weighted by atomic mass is 35.5. The summed E-state index contributed by atoms with van der Waals surface area (Å²) in [6.45, 7) is 4.57. The number of nitrogens with zero attached hydrogens (tertiary/aromatic N) is 3. The number of carbonyl (C=O) groups excluding carboxylic acids is 1. The molecule has 3 aromatic rings. The number of hydrogen-bond donors (Lipinski definition) is 1. The van der Waals surface area contributed by atoms with Crippen molar-refractivity contribution in [1.29, 1.82) is 0 Å². The van der Waals surface area contributed by atoms with Crippen molar-refractivity contribution in [2.75, 3.05) is 7.11 Å². The summed E-state index contributed by atoms with van der Waals surface area (Å²) in [7, 11) is 1.62. The Labute approximate surface area is 190 Å². The Hall–Kier alpha value is -3.10. The topological polar surface area (TPSA) is 72.5 Å². The van der Waals surface area contributed by atoms with Crippen LogP contribution in [0.1, 0.15) is 28.3 Å². The molecule has 1 aliphatic heterocycles. The fraction of sp³-hybridized carbons (Fsp3) is 0.227. The zero-order valence-corrected chi connectivity index (χ0v) is 18.9. The summed E-state index contributed by atoms with van der Waals surface area (Å²) < 4.78 is 12.7. The van der Waals surface area contributed by atoms with E-state index in [1.54, 1.807) is 31.6 Å². The van der Waals surface area contributed by atoms with Crippen LogP contribution in [0.3, 0.4) is 0 Å². The largest absolute Gasteiger partial charge is 0.496 e. The molecule has 3 heterocycles. The number of carbonyl (C=O) groups is 1. The molecule has 0 unspecified atom stereocenters. The van der Waals surface area contributed by atoms with Crippen LogP contribution in [0.15, 0.2) is 46.7 Å². The van der Waals surface area contributed by atoms with Crippen molar-refractivity contribution in [2.45, 2.75) is 26.9 Å². The van der Waals surface area contributed by atoms with Crippen LogP contribution in [0.25, 0.3) is 6.08 Å². The van der Waals surface area contributed by atoms with E-state index in [1.807, 2.05) is 36.7 Å². The van der Waals surface area contributed by atoms with Gasteiger partial charge in [-0.25, -0.2) is 0 Å². The Bertz CT molecular complexity index is 1180. The number of nitrogens with one attached hydrogen (secondary N) is 1. The van der Waals surface area contributed by atoms with E-state index in [0.717, 1.165) is 28.3 Å². The molecule has 0 spiro atoms. The van der Waals surface area contributed by atoms with Crippen molar-refractivity contribution in [3.8, 4) is 5.75 Å². The number of amides is 1. The zero-order valence-electron chi connectivity index (χ0n) is 17.3. The average Bonchev–Trinajstić information content (AvgIpc) is 3.42. The Morgan fingerprint density at radius 3 is 2.74 bits per heavy atom. The molecule has 31 heavy (non-hydrogen) atoms. The number of rotatable bonds is 6. The first-order chi connectivity index (χ1) is 14.9. The van der Waals surface area contributed by atoms with Crippen LogP contribution >= 0.6 is 23.8 Å². The van der Waals surface area contributed by atoms with E-state index in [0.29, 0.717) is 28.1 Å².